The Morgan fingerprint density at radius 1 is 0.897 bits per heavy atom. The number of carbonyl (C=O) groups excluding carboxylic acids is 2. The van der Waals surface area contributed by atoms with Crippen LogP contribution in [0, 0.1) is 0 Å². The molecule has 0 unspecified atom stereocenters. The predicted molar refractivity (Wildman–Crippen MR) is 111 cm³/mol. The number of aromatic nitrogens is 1. The molecule has 2 saturated heterocycles. The van der Waals surface area contributed by atoms with E-state index in [9.17, 15) is 9.59 Å². The van der Waals surface area contributed by atoms with E-state index in [0.717, 1.165) is 31.6 Å². The monoisotopic (exact) mass is 414 g/mol. The Balaban J connectivity index is 1.27. The Hall–Kier alpha value is -2.61. The van der Waals surface area contributed by atoms with Gasteiger partial charge in [0.25, 0.3) is 5.91 Å². The third-order valence-electron chi connectivity index (χ3n) is 5.44. The van der Waals surface area contributed by atoms with Crippen molar-refractivity contribution in [3.05, 3.63) is 46.4 Å². The topological polar surface area (TPSA) is 66.0 Å². The van der Waals surface area contributed by atoms with Crippen molar-refractivity contribution < 1.29 is 14.3 Å². The van der Waals surface area contributed by atoms with Gasteiger partial charge in [0.1, 0.15) is 12.4 Å². The number of benzene rings is 1. The lowest BCUT2D eigenvalue weighted by molar-refractivity contribution is 0.0633. The minimum Gasteiger partial charge on any atom is -0.487 e. The highest BCUT2D eigenvalue weighted by atomic mass is 32.1. The molecule has 0 N–H and O–H groups in total. The average Bonchev–Trinajstić information content (AvgIpc) is 3.31. The number of urea groups is 1. The third-order valence-corrected chi connectivity index (χ3v) is 6.07. The summed E-state index contributed by atoms with van der Waals surface area (Å²) in [4.78, 5) is 35.3. The summed E-state index contributed by atoms with van der Waals surface area (Å²) < 4.78 is 5.70. The van der Waals surface area contributed by atoms with Gasteiger partial charge in [0.05, 0.1) is 11.2 Å². The van der Waals surface area contributed by atoms with Crippen LogP contribution in [0.25, 0.3) is 0 Å². The average molecular weight is 415 g/mol. The normalized spacial score (nSPS) is 17.3. The van der Waals surface area contributed by atoms with Crippen LogP contribution in [0.15, 0.2) is 35.2 Å². The van der Waals surface area contributed by atoms with Crippen LogP contribution in [0.5, 0.6) is 5.75 Å². The van der Waals surface area contributed by atoms with Gasteiger partial charge in [-0.3, -0.25) is 4.79 Å². The molecule has 2 fully saturated rings. The molecule has 0 aliphatic carbocycles. The summed E-state index contributed by atoms with van der Waals surface area (Å²) >= 11 is 1.54. The van der Waals surface area contributed by atoms with E-state index in [1.807, 2.05) is 32.2 Å². The van der Waals surface area contributed by atoms with Crippen LogP contribution >= 0.6 is 11.3 Å². The molecular weight excluding hydrogens is 388 g/mol. The quantitative estimate of drug-likeness (QED) is 0.771. The van der Waals surface area contributed by atoms with Gasteiger partial charge in [0.2, 0.25) is 0 Å². The molecule has 0 saturated carbocycles. The molecule has 1 aromatic carbocycles. The van der Waals surface area contributed by atoms with Gasteiger partial charge >= 0.3 is 6.03 Å². The van der Waals surface area contributed by atoms with E-state index < -0.39 is 0 Å². The predicted octanol–water partition coefficient (Wildman–Crippen LogP) is 3.09. The van der Waals surface area contributed by atoms with Crippen molar-refractivity contribution in [1.29, 1.82) is 0 Å². The molecule has 154 valence electrons. The number of nitrogens with zero attached hydrogens (tertiary/aromatic N) is 4. The van der Waals surface area contributed by atoms with Gasteiger partial charge in [-0.2, -0.15) is 0 Å². The van der Waals surface area contributed by atoms with Crippen molar-refractivity contribution in [2.75, 3.05) is 39.3 Å². The summed E-state index contributed by atoms with van der Waals surface area (Å²) in [7, 11) is 0. The number of piperazine rings is 1. The van der Waals surface area contributed by atoms with Crippen molar-refractivity contribution in [3.8, 4) is 5.75 Å². The fourth-order valence-electron chi connectivity index (χ4n) is 3.73. The summed E-state index contributed by atoms with van der Waals surface area (Å²) in [5.74, 6) is 0.715. The Bertz CT molecular complexity index is 811. The van der Waals surface area contributed by atoms with Gasteiger partial charge in [0, 0.05) is 50.2 Å². The first-order chi connectivity index (χ1) is 14.2. The van der Waals surface area contributed by atoms with E-state index in [-0.39, 0.29) is 11.9 Å². The number of thiazole rings is 1. The van der Waals surface area contributed by atoms with Gasteiger partial charge in [0.15, 0.2) is 0 Å². The summed E-state index contributed by atoms with van der Waals surface area (Å²) in [5, 5.41) is 1.95. The number of likely N-dealkylation sites (tertiary alicyclic amines) is 1. The second-order valence-corrected chi connectivity index (χ2v) is 8.12. The number of piperidine rings is 1. The molecule has 3 amide bonds. The summed E-state index contributed by atoms with van der Waals surface area (Å²) in [5.41, 5.74) is 3.31. The molecular formula is C21H26N4O3S. The first-order valence-corrected chi connectivity index (χ1v) is 11.1. The van der Waals surface area contributed by atoms with E-state index in [2.05, 4.69) is 4.98 Å². The Morgan fingerprint density at radius 3 is 2.21 bits per heavy atom. The molecule has 0 radical (unpaired) electrons. The van der Waals surface area contributed by atoms with Crippen LogP contribution in [0.2, 0.25) is 0 Å². The van der Waals surface area contributed by atoms with Gasteiger partial charge in [-0.1, -0.05) is 0 Å². The molecule has 4 rings (SSSR count). The zero-order valence-corrected chi connectivity index (χ0v) is 17.3. The minimum atomic E-state index is 0.00104. The van der Waals surface area contributed by atoms with Crippen LogP contribution in [0.1, 0.15) is 35.3 Å². The largest absolute Gasteiger partial charge is 0.487 e. The standard InChI is InChI=1S/C21H26N4O3S/c26-20(17-4-6-19(7-5-17)28-14-18-15-29-16-22-18)23-10-12-25(13-11-23)21(27)24-8-2-1-3-9-24/h4-7,15-16H,1-3,8-14H2. The molecule has 0 bridgehead atoms. The van der Waals surface area contributed by atoms with Crippen molar-refractivity contribution >= 4 is 23.3 Å². The van der Waals surface area contributed by atoms with Crippen molar-refractivity contribution in [2.24, 2.45) is 0 Å². The molecule has 0 spiro atoms. The minimum absolute atomic E-state index is 0.00104. The maximum absolute atomic E-state index is 12.8. The molecule has 3 heterocycles. The zero-order valence-electron chi connectivity index (χ0n) is 16.5. The molecule has 2 aliphatic rings. The molecule has 8 heteroatoms. The fraction of sp³-hybridized carbons (Fsp3) is 0.476. The van der Waals surface area contributed by atoms with E-state index in [1.54, 1.807) is 17.6 Å². The second-order valence-electron chi connectivity index (χ2n) is 7.40. The Kier molecular flexibility index (Phi) is 6.29. The van der Waals surface area contributed by atoms with Crippen molar-refractivity contribution in [3.63, 3.8) is 0 Å². The van der Waals surface area contributed by atoms with Crippen LogP contribution < -0.4 is 4.74 Å². The first-order valence-electron chi connectivity index (χ1n) is 10.1. The van der Waals surface area contributed by atoms with Crippen LogP contribution in [-0.4, -0.2) is 70.9 Å². The van der Waals surface area contributed by atoms with Crippen LogP contribution in [0.3, 0.4) is 0 Å². The van der Waals surface area contributed by atoms with Crippen molar-refractivity contribution in [2.45, 2.75) is 25.9 Å². The van der Waals surface area contributed by atoms with Gasteiger partial charge in [-0.15, -0.1) is 11.3 Å². The van der Waals surface area contributed by atoms with Crippen LogP contribution in [-0.2, 0) is 6.61 Å². The lowest BCUT2D eigenvalue weighted by Gasteiger charge is -2.38. The first kappa shape index (κ1) is 19.7. The smallest absolute Gasteiger partial charge is 0.320 e. The van der Waals surface area contributed by atoms with Gasteiger partial charge in [-0.25, -0.2) is 9.78 Å². The van der Waals surface area contributed by atoms with Crippen LogP contribution in [0.4, 0.5) is 4.79 Å². The maximum Gasteiger partial charge on any atom is 0.320 e. The Labute approximate surface area is 174 Å². The molecule has 1 aromatic heterocycles. The lowest BCUT2D eigenvalue weighted by atomic mass is 10.1. The van der Waals surface area contributed by atoms with E-state index in [1.165, 1.54) is 17.8 Å². The number of carbonyl (C=O) groups is 2. The fourth-order valence-corrected chi connectivity index (χ4v) is 4.27. The highest BCUT2D eigenvalue weighted by Crippen LogP contribution is 2.17. The number of hydrogen-bond acceptors (Lipinski definition) is 5. The SMILES string of the molecule is O=C(c1ccc(OCc2cscn2)cc1)N1CCN(C(=O)N2CCCCC2)CC1. The number of ether oxygens (including phenoxy) is 1. The van der Waals surface area contributed by atoms with Crippen molar-refractivity contribution in [1.82, 2.24) is 19.7 Å². The molecule has 2 aromatic rings. The maximum atomic E-state index is 12.8. The lowest BCUT2D eigenvalue weighted by Crippen LogP contribution is -2.54. The Morgan fingerprint density at radius 2 is 1.55 bits per heavy atom. The van der Waals surface area contributed by atoms with E-state index in [4.69, 9.17) is 4.74 Å². The third kappa shape index (κ3) is 4.87. The van der Waals surface area contributed by atoms with E-state index in [0.29, 0.717) is 44.1 Å². The van der Waals surface area contributed by atoms with Gasteiger partial charge in [-0.05, 0) is 43.5 Å². The number of hydrogen-bond donors (Lipinski definition) is 0. The molecule has 7 nitrogen and oxygen atoms in total. The molecule has 2 aliphatic heterocycles. The summed E-state index contributed by atoms with van der Waals surface area (Å²) in [6.45, 7) is 4.46. The zero-order chi connectivity index (χ0) is 20.1. The summed E-state index contributed by atoms with van der Waals surface area (Å²) in [6, 6.07) is 7.35. The number of amides is 3. The molecule has 29 heavy (non-hydrogen) atoms. The highest BCUT2D eigenvalue weighted by molar-refractivity contribution is 7.07. The highest BCUT2D eigenvalue weighted by Gasteiger charge is 2.28. The number of rotatable bonds is 4. The summed E-state index contributed by atoms with van der Waals surface area (Å²) in [6.07, 6.45) is 3.39. The molecule has 0 atom stereocenters. The van der Waals surface area contributed by atoms with Gasteiger partial charge < -0.3 is 19.4 Å². The van der Waals surface area contributed by atoms with E-state index >= 15 is 0 Å². The second kappa shape index (κ2) is 9.26.